The second kappa shape index (κ2) is 9.57. The van der Waals surface area contributed by atoms with Crippen molar-refractivity contribution in [3.8, 4) is 0 Å². The number of rotatable bonds is 6. The van der Waals surface area contributed by atoms with Crippen LogP contribution in [0, 0.1) is 11.6 Å². The topological polar surface area (TPSA) is 39.7 Å². The van der Waals surface area contributed by atoms with Crippen molar-refractivity contribution in [2.24, 2.45) is 4.99 Å². The number of likely N-dealkylation sites (tertiary alicyclic amines) is 1. The van der Waals surface area contributed by atoms with E-state index in [0.29, 0.717) is 17.6 Å². The van der Waals surface area contributed by atoms with Crippen molar-refractivity contribution in [2.75, 3.05) is 26.7 Å². The van der Waals surface area contributed by atoms with Gasteiger partial charge < -0.3 is 15.5 Å². The standard InChI is InChI=1S/C18H28F2N4/c1-3-4-9-24-10-7-16(8-11-24)23-18(21-2)22-13-14-12-15(19)5-6-17(14)20/h5-6,12,16H,3-4,7-11,13H2,1-2H3,(H2,21,22,23). The molecule has 24 heavy (non-hydrogen) atoms. The molecule has 0 amide bonds. The molecule has 2 rings (SSSR count). The van der Waals surface area contributed by atoms with Crippen molar-refractivity contribution in [2.45, 2.75) is 45.2 Å². The van der Waals surface area contributed by atoms with Crippen LogP contribution in [0.3, 0.4) is 0 Å². The number of nitrogens with zero attached hydrogens (tertiary/aromatic N) is 2. The summed E-state index contributed by atoms with van der Waals surface area (Å²) < 4.78 is 26.9. The van der Waals surface area contributed by atoms with Crippen LogP contribution in [0.4, 0.5) is 8.78 Å². The highest BCUT2D eigenvalue weighted by atomic mass is 19.1. The number of unbranched alkanes of at least 4 members (excludes halogenated alkanes) is 1. The molecule has 0 saturated carbocycles. The van der Waals surface area contributed by atoms with Crippen molar-refractivity contribution in [3.63, 3.8) is 0 Å². The maximum atomic E-state index is 13.7. The Morgan fingerprint density at radius 2 is 2.04 bits per heavy atom. The number of hydrogen-bond acceptors (Lipinski definition) is 2. The number of aliphatic imine (C=N–C) groups is 1. The average Bonchev–Trinajstić information content (AvgIpc) is 2.60. The minimum atomic E-state index is -0.435. The molecule has 0 bridgehead atoms. The van der Waals surface area contributed by atoms with Crippen molar-refractivity contribution < 1.29 is 8.78 Å². The number of benzene rings is 1. The van der Waals surface area contributed by atoms with E-state index in [4.69, 9.17) is 0 Å². The number of nitrogens with one attached hydrogen (secondary N) is 2. The predicted octanol–water partition coefficient (Wildman–Crippen LogP) is 2.89. The van der Waals surface area contributed by atoms with Crippen LogP contribution in [-0.2, 0) is 6.54 Å². The third-order valence-corrected chi connectivity index (χ3v) is 4.43. The predicted molar refractivity (Wildman–Crippen MR) is 94.1 cm³/mol. The fourth-order valence-corrected chi connectivity index (χ4v) is 2.93. The number of guanidine groups is 1. The van der Waals surface area contributed by atoms with Gasteiger partial charge in [-0.3, -0.25) is 4.99 Å². The quantitative estimate of drug-likeness (QED) is 0.619. The lowest BCUT2D eigenvalue weighted by atomic mass is 10.0. The first-order valence-corrected chi connectivity index (χ1v) is 8.75. The minimum absolute atomic E-state index is 0.207. The molecule has 6 heteroatoms. The molecule has 1 heterocycles. The SMILES string of the molecule is CCCCN1CCC(NC(=NC)NCc2cc(F)ccc2F)CC1. The van der Waals surface area contributed by atoms with Gasteiger partial charge in [-0.05, 0) is 44.0 Å². The van der Waals surface area contributed by atoms with Gasteiger partial charge in [-0.15, -0.1) is 0 Å². The van der Waals surface area contributed by atoms with Crippen molar-refractivity contribution >= 4 is 5.96 Å². The van der Waals surface area contributed by atoms with Gasteiger partial charge in [0.25, 0.3) is 0 Å². The third-order valence-electron chi connectivity index (χ3n) is 4.43. The second-order valence-corrected chi connectivity index (χ2v) is 6.28. The first-order chi connectivity index (χ1) is 11.6. The van der Waals surface area contributed by atoms with E-state index in [0.717, 1.165) is 38.1 Å². The van der Waals surface area contributed by atoms with Gasteiger partial charge in [0.2, 0.25) is 0 Å². The largest absolute Gasteiger partial charge is 0.354 e. The molecule has 1 saturated heterocycles. The number of hydrogen-bond donors (Lipinski definition) is 2. The smallest absolute Gasteiger partial charge is 0.191 e. The zero-order valence-electron chi connectivity index (χ0n) is 14.6. The van der Waals surface area contributed by atoms with Gasteiger partial charge in [0, 0.05) is 38.3 Å². The molecular weight excluding hydrogens is 310 g/mol. The van der Waals surface area contributed by atoms with Gasteiger partial charge in [0.1, 0.15) is 11.6 Å². The lowest BCUT2D eigenvalue weighted by molar-refractivity contribution is 0.203. The highest BCUT2D eigenvalue weighted by Crippen LogP contribution is 2.12. The zero-order chi connectivity index (χ0) is 17.4. The van der Waals surface area contributed by atoms with Crippen LogP contribution in [0.15, 0.2) is 23.2 Å². The number of piperidine rings is 1. The molecule has 4 nitrogen and oxygen atoms in total. The molecule has 0 atom stereocenters. The van der Waals surface area contributed by atoms with E-state index in [-0.39, 0.29) is 6.54 Å². The van der Waals surface area contributed by atoms with Crippen LogP contribution in [0.2, 0.25) is 0 Å². The van der Waals surface area contributed by atoms with Crippen LogP contribution in [0.1, 0.15) is 38.2 Å². The van der Waals surface area contributed by atoms with Gasteiger partial charge in [-0.1, -0.05) is 13.3 Å². The van der Waals surface area contributed by atoms with Gasteiger partial charge in [-0.25, -0.2) is 8.78 Å². The lowest BCUT2D eigenvalue weighted by Crippen LogP contribution is -2.48. The Morgan fingerprint density at radius 1 is 1.29 bits per heavy atom. The molecule has 1 aromatic rings. The van der Waals surface area contributed by atoms with Crippen LogP contribution in [0.5, 0.6) is 0 Å². The Bertz CT molecular complexity index is 540. The fraction of sp³-hybridized carbons (Fsp3) is 0.611. The average molecular weight is 338 g/mol. The molecule has 0 aromatic heterocycles. The summed E-state index contributed by atoms with van der Waals surface area (Å²) in [6.07, 6.45) is 4.61. The van der Waals surface area contributed by atoms with Gasteiger partial charge in [0.05, 0.1) is 0 Å². The van der Waals surface area contributed by atoms with E-state index in [9.17, 15) is 8.78 Å². The lowest BCUT2D eigenvalue weighted by Gasteiger charge is -2.33. The zero-order valence-corrected chi connectivity index (χ0v) is 14.6. The summed E-state index contributed by atoms with van der Waals surface area (Å²) in [5.74, 6) is -0.218. The van der Waals surface area contributed by atoms with Crippen LogP contribution < -0.4 is 10.6 Å². The number of halogens is 2. The molecule has 0 radical (unpaired) electrons. The van der Waals surface area contributed by atoms with E-state index in [2.05, 4.69) is 27.4 Å². The first-order valence-electron chi connectivity index (χ1n) is 8.75. The monoisotopic (exact) mass is 338 g/mol. The normalized spacial score (nSPS) is 17.1. The van der Waals surface area contributed by atoms with Gasteiger partial charge in [0.15, 0.2) is 5.96 Å². The summed E-state index contributed by atoms with van der Waals surface area (Å²) in [5.41, 5.74) is 0.298. The Balaban J connectivity index is 1.78. The van der Waals surface area contributed by atoms with E-state index < -0.39 is 11.6 Å². The molecule has 1 aliphatic heterocycles. The molecule has 1 aromatic carbocycles. The summed E-state index contributed by atoms with van der Waals surface area (Å²) in [7, 11) is 1.69. The fourth-order valence-electron chi connectivity index (χ4n) is 2.93. The molecule has 1 aliphatic rings. The molecule has 0 aliphatic carbocycles. The van der Waals surface area contributed by atoms with Crippen LogP contribution in [0.25, 0.3) is 0 Å². The summed E-state index contributed by atoms with van der Waals surface area (Å²) in [6.45, 7) is 5.78. The Hall–Kier alpha value is -1.69. The van der Waals surface area contributed by atoms with E-state index in [1.165, 1.54) is 25.5 Å². The summed E-state index contributed by atoms with van der Waals surface area (Å²) >= 11 is 0. The van der Waals surface area contributed by atoms with E-state index in [1.54, 1.807) is 7.05 Å². The highest BCUT2D eigenvalue weighted by Gasteiger charge is 2.19. The molecule has 134 valence electrons. The molecule has 2 N–H and O–H groups in total. The third kappa shape index (κ3) is 5.74. The Morgan fingerprint density at radius 3 is 2.71 bits per heavy atom. The first kappa shape index (κ1) is 18.6. The second-order valence-electron chi connectivity index (χ2n) is 6.28. The molecule has 0 unspecified atom stereocenters. The Labute approximate surface area is 143 Å². The van der Waals surface area contributed by atoms with Crippen molar-refractivity contribution in [1.82, 2.24) is 15.5 Å². The van der Waals surface area contributed by atoms with Gasteiger partial charge in [-0.2, -0.15) is 0 Å². The minimum Gasteiger partial charge on any atom is -0.354 e. The Kier molecular flexibility index (Phi) is 7.43. The van der Waals surface area contributed by atoms with Crippen LogP contribution >= 0.6 is 0 Å². The molecule has 0 spiro atoms. The maximum Gasteiger partial charge on any atom is 0.191 e. The summed E-state index contributed by atoms with van der Waals surface area (Å²) in [6, 6.07) is 3.85. The summed E-state index contributed by atoms with van der Waals surface area (Å²) in [4.78, 5) is 6.68. The summed E-state index contributed by atoms with van der Waals surface area (Å²) in [5, 5.41) is 6.45. The van der Waals surface area contributed by atoms with E-state index in [1.807, 2.05) is 0 Å². The highest BCUT2D eigenvalue weighted by molar-refractivity contribution is 5.79. The maximum absolute atomic E-state index is 13.7. The van der Waals surface area contributed by atoms with E-state index >= 15 is 0 Å². The van der Waals surface area contributed by atoms with Crippen molar-refractivity contribution in [1.29, 1.82) is 0 Å². The molecular formula is C18H28F2N4. The van der Waals surface area contributed by atoms with Crippen LogP contribution in [-0.4, -0.2) is 43.6 Å². The van der Waals surface area contributed by atoms with Gasteiger partial charge >= 0.3 is 0 Å². The molecule has 1 fully saturated rings. The van der Waals surface area contributed by atoms with Crippen molar-refractivity contribution in [3.05, 3.63) is 35.4 Å².